The Morgan fingerprint density at radius 2 is 1.00 bits per heavy atom. The van der Waals surface area contributed by atoms with E-state index in [0.717, 1.165) is 12.8 Å². The fourth-order valence-corrected chi connectivity index (χ4v) is 8.74. The van der Waals surface area contributed by atoms with Crippen molar-refractivity contribution in [2.45, 2.75) is 187 Å². The molecule has 42 heavy (non-hydrogen) atoms. The van der Waals surface area contributed by atoms with Crippen molar-refractivity contribution in [3.63, 3.8) is 0 Å². The van der Waals surface area contributed by atoms with Crippen molar-refractivity contribution in [3.8, 4) is 9.75 Å². The van der Waals surface area contributed by atoms with Crippen LogP contribution in [0.4, 0.5) is 4.39 Å². The van der Waals surface area contributed by atoms with Gasteiger partial charge in [0.15, 0.2) is 0 Å². The van der Waals surface area contributed by atoms with E-state index < -0.39 is 0 Å². The lowest BCUT2D eigenvalue weighted by Crippen LogP contribution is -2.22. The van der Waals surface area contributed by atoms with Crippen LogP contribution in [0.25, 0.3) is 9.75 Å². The van der Waals surface area contributed by atoms with Crippen molar-refractivity contribution < 1.29 is 4.39 Å². The standard InChI is InChI=1S/C39H67FS2/c1-3-5-7-9-11-13-15-17-19-21-29-39(31-23-24-33-40,30-22-20-18-16-14-12-10-8-6-4-2)32-27-36-28-35-42-38(36)37-26-25-34-41-37/h25-26,28,34-35H,3-24,27,29-33H2,1-2H3. The molecule has 2 aromatic rings. The van der Waals surface area contributed by atoms with Gasteiger partial charge in [-0.05, 0) is 72.4 Å². The van der Waals surface area contributed by atoms with Gasteiger partial charge in [-0.1, -0.05) is 155 Å². The predicted molar refractivity (Wildman–Crippen MR) is 191 cm³/mol. The van der Waals surface area contributed by atoms with Gasteiger partial charge in [0.25, 0.3) is 0 Å². The van der Waals surface area contributed by atoms with E-state index in [1.54, 1.807) is 5.56 Å². The summed E-state index contributed by atoms with van der Waals surface area (Å²) in [6.07, 6.45) is 36.3. The molecule has 242 valence electrons. The molecule has 0 nitrogen and oxygen atoms in total. The van der Waals surface area contributed by atoms with Gasteiger partial charge in [0.1, 0.15) is 0 Å². The Hall–Kier alpha value is -0.670. The molecule has 0 saturated heterocycles. The maximum absolute atomic E-state index is 13.2. The van der Waals surface area contributed by atoms with Crippen LogP contribution in [-0.2, 0) is 6.42 Å². The molecule has 0 fully saturated rings. The predicted octanol–water partition coefficient (Wildman–Crippen LogP) is 15.2. The summed E-state index contributed by atoms with van der Waals surface area (Å²) in [5, 5.41) is 4.50. The highest BCUT2D eigenvalue weighted by atomic mass is 32.1. The van der Waals surface area contributed by atoms with Crippen LogP contribution in [0, 0.1) is 5.41 Å². The fraction of sp³-hybridized carbons (Fsp3) is 0.795. The molecule has 3 heteroatoms. The summed E-state index contributed by atoms with van der Waals surface area (Å²) in [5.74, 6) is 0. The molecule has 0 aliphatic rings. The minimum absolute atomic E-state index is 0.153. The minimum atomic E-state index is -0.153. The third kappa shape index (κ3) is 17.0. The first kappa shape index (κ1) is 37.5. The van der Waals surface area contributed by atoms with Gasteiger partial charge in [-0.15, -0.1) is 22.7 Å². The van der Waals surface area contributed by atoms with Crippen LogP contribution in [0.5, 0.6) is 0 Å². The second-order valence-electron chi connectivity index (χ2n) is 13.3. The molecule has 0 unspecified atom stereocenters. The van der Waals surface area contributed by atoms with Crippen molar-refractivity contribution in [2.24, 2.45) is 5.41 Å². The first-order valence-corrected chi connectivity index (χ1v) is 20.2. The molecule has 0 radical (unpaired) electrons. The summed E-state index contributed by atoms with van der Waals surface area (Å²) in [5.41, 5.74) is 1.94. The molecule has 0 bridgehead atoms. The highest BCUT2D eigenvalue weighted by Gasteiger charge is 2.29. The van der Waals surface area contributed by atoms with E-state index in [2.05, 4.69) is 42.8 Å². The summed E-state index contributed by atoms with van der Waals surface area (Å²) in [4.78, 5) is 2.91. The van der Waals surface area contributed by atoms with Crippen LogP contribution >= 0.6 is 22.7 Å². The van der Waals surface area contributed by atoms with Gasteiger partial charge in [0.2, 0.25) is 0 Å². The molecular weight excluding hydrogens is 552 g/mol. The molecular formula is C39H67FS2. The van der Waals surface area contributed by atoms with Gasteiger partial charge >= 0.3 is 0 Å². The fourth-order valence-electron chi connectivity index (χ4n) is 6.88. The summed E-state index contributed by atoms with van der Waals surface area (Å²) in [6, 6.07) is 6.84. The van der Waals surface area contributed by atoms with Gasteiger partial charge in [-0.2, -0.15) is 0 Å². The maximum Gasteiger partial charge on any atom is 0.0894 e. The van der Waals surface area contributed by atoms with Gasteiger partial charge in [0, 0.05) is 9.75 Å². The van der Waals surface area contributed by atoms with E-state index in [-0.39, 0.29) is 6.67 Å². The topological polar surface area (TPSA) is 0 Å². The van der Waals surface area contributed by atoms with Crippen molar-refractivity contribution in [1.82, 2.24) is 0 Å². The zero-order valence-electron chi connectivity index (χ0n) is 27.9. The second kappa shape index (κ2) is 25.6. The van der Waals surface area contributed by atoms with E-state index in [0.29, 0.717) is 5.41 Å². The van der Waals surface area contributed by atoms with Crippen molar-refractivity contribution in [3.05, 3.63) is 34.5 Å². The summed E-state index contributed by atoms with van der Waals surface area (Å²) in [6.45, 7) is 4.45. The normalized spacial score (nSPS) is 12.0. The Kier molecular flexibility index (Phi) is 22.9. The average Bonchev–Trinajstić information content (AvgIpc) is 3.70. The van der Waals surface area contributed by atoms with Crippen molar-refractivity contribution in [2.75, 3.05) is 6.67 Å². The number of rotatable bonds is 30. The van der Waals surface area contributed by atoms with Crippen molar-refractivity contribution >= 4 is 22.7 Å². The zero-order chi connectivity index (χ0) is 30.0. The molecule has 0 aliphatic carbocycles. The maximum atomic E-state index is 13.2. The summed E-state index contributed by atoms with van der Waals surface area (Å²) in [7, 11) is 0. The van der Waals surface area contributed by atoms with Gasteiger partial charge in [0.05, 0.1) is 6.67 Å². The first-order chi connectivity index (χ1) is 20.7. The summed E-state index contributed by atoms with van der Waals surface area (Å²) >= 11 is 3.78. The Labute approximate surface area is 269 Å². The molecule has 2 aromatic heterocycles. The third-order valence-corrected chi connectivity index (χ3v) is 11.6. The SMILES string of the molecule is CCCCCCCCCCCCC(CCCCF)(CCCCCCCCCCCC)CCc1ccsc1-c1cccs1. The number of hydrogen-bond acceptors (Lipinski definition) is 2. The number of thiophene rings is 2. The first-order valence-electron chi connectivity index (χ1n) is 18.4. The van der Waals surface area contributed by atoms with E-state index in [1.165, 1.54) is 170 Å². The van der Waals surface area contributed by atoms with Crippen LogP contribution in [-0.4, -0.2) is 6.67 Å². The Balaban J connectivity index is 1.90. The Morgan fingerprint density at radius 3 is 1.45 bits per heavy atom. The Morgan fingerprint density at radius 1 is 0.524 bits per heavy atom. The molecule has 0 spiro atoms. The van der Waals surface area contributed by atoms with Crippen molar-refractivity contribution in [1.29, 1.82) is 0 Å². The lowest BCUT2D eigenvalue weighted by atomic mass is 9.70. The van der Waals surface area contributed by atoms with Crippen LogP contribution in [0.3, 0.4) is 0 Å². The molecule has 0 aromatic carbocycles. The number of halogens is 1. The number of aryl methyl sites for hydroxylation is 1. The molecule has 0 aliphatic heterocycles. The Bertz CT molecular complexity index is 799. The molecule has 0 atom stereocenters. The molecule has 0 amide bonds. The monoisotopic (exact) mass is 618 g/mol. The highest BCUT2D eigenvalue weighted by molar-refractivity contribution is 7.20. The quantitative estimate of drug-likeness (QED) is 0.0764. The van der Waals surface area contributed by atoms with Crippen LogP contribution in [0.15, 0.2) is 29.0 Å². The van der Waals surface area contributed by atoms with Gasteiger partial charge in [-0.3, -0.25) is 4.39 Å². The minimum Gasteiger partial charge on any atom is -0.251 e. The number of unbranched alkanes of at least 4 members (excludes halogenated alkanes) is 19. The largest absolute Gasteiger partial charge is 0.251 e. The lowest BCUT2D eigenvalue weighted by molar-refractivity contribution is 0.177. The smallest absolute Gasteiger partial charge is 0.0894 e. The van der Waals surface area contributed by atoms with E-state index >= 15 is 0 Å². The number of hydrogen-bond donors (Lipinski definition) is 0. The number of alkyl halides is 1. The van der Waals surface area contributed by atoms with Gasteiger partial charge < -0.3 is 0 Å². The van der Waals surface area contributed by atoms with Crippen LogP contribution < -0.4 is 0 Å². The highest BCUT2D eigenvalue weighted by Crippen LogP contribution is 2.43. The van der Waals surface area contributed by atoms with E-state index in [9.17, 15) is 4.39 Å². The molecule has 2 heterocycles. The van der Waals surface area contributed by atoms with E-state index in [1.807, 2.05) is 22.7 Å². The molecule has 0 N–H and O–H groups in total. The molecule has 0 saturated carbocycles. The second-order valence-corrected chi connectivity index (χ2v) is 15.1. The molecule has 2 rings (SSSR count). The van der Waals surface area contributed by atoms with Crippen LogP contribution in [0.1, 0.15) is 186 Å². The third-order valence-electron chi connectivity index (χ3n) is 9.63. The lowest BCUT2D eigenvalue weighted by Gasteiger charge is -2.35. The van der Waals surface area contributed by atoms with Gasteiger partial charge in [-0.25, -0.2) is 0 Å². The zero-order valence-corrected chi connectivity index (χ0v) is 29.5. The van der Waals surface area contributed by atoms with Crippen LogP contribution in [0.2, 0.25) is 0 Å². The summed E-state index contributed by atoms with van der Waals surface area (Å²) < 4.78 is 13.2. The van der Waals surface area contributed by atoms with E-state index in [4.69, 9.17) is 0 Å². The average molecular weight is 619 g/mol.